The van der Waals surface area contributed by atoms with E-state index in [0.717, 1.165) is 11.0 Å². The SMILES string of the molecule is CC(N)C(c1cc(Br)cs1)N(C)CC(C)(C)C. The fourth-order valence-corrected chi connectivity index (χ4v) is 3.93. The summed E-state index contributed by atoms with van der Waals surface area (Å²) in [5.41, 5.74) is 6.44. The summed E-state index contributed by atoms with van der Waals surface area (Å²) in [7, 11) is 2.16. The van der Waals surface area contributed by atoms with E-state index >= 15 is 0 Å². The molecule has 0 saturated carbocycles. The first-order valence-electron chi connectivity index (χ1n) is 5.90. The van der Waals surface area contributed by atoms with E-state index in [1.165, 1.54) is 4.88 Å². The highest BCUT2D eigenvalue weighted by Crippen LogP contribution is 2.32. The number of thiophene rings is 1. The Morgan fingerprint density at radius 3 is 2.41 bits per heavy atom. The third kappa shape index (κ3) is 4.70. The van der Waals surface area contributed by atoms with Crippen LogP contribution in [0.15, 0.2) is 15.9 Å². The largest absolute Gasteiger partial charge is 0.326 e. The van der Waals surface area contributed by atoms with Gasteiger partial charge in [-0.05, 0) is 41.4 Å². The average molecular weight is 319 g/mol. The summed E-state index contributed by atoms with van der Waals surface area (Å²) >= 11 is 5.28. The fourth-order valence-electron chi connectivity index (χ4n) is 2.21. The van der Waals surface area contributed by atoms with Gasteiger partial charge >= 0.3 is 0 Å². The van der Waals surface area contributed by atoms with Gasteiger partial charge in [0.1, 0.15) is 0 Å². The molecule has 98 valence electrons. The van der Waals surface area contributed by atoms with Crippen LogP contribution in [0, 0.1) is 5.41 Å². The average Bonchev–Trinajstić information content (AvgIpc) is 2.47. The molecule has 0 aliphatic carbocycles. The Hall–Kier alpha value is 0.1000. The minimum Gasteiger partial charge on any atom is -0.326 e. The van der Waals surface area contributed by atoms with Gasteiger partial charge in [-0.25, -0.2) is 0 Å². The van der Waals surface area contributed by atoms with Crippen molar-refractivity contribution in [1.29, 1.82) is 0 Å². The molecule has 0 spiro atoms. The van der Waals surface area contributed by atoms with E-state index in [-0.39, 0.29) is 11.5 Å². The molecule has 2 N–H and O–H groups in total. The van der Waals surface area contributed by atoms with Crippen LogP contribution in [0.5, 0.6) is 0 Å². The Kier molecular flexibility index (Phi) is 5.20. The second-order valence-electron chi connectivity index (χ2n) is 5.95. The van der Waals surface area contributed by atoms with Crippen LogP contribution in [-0.2, 0) is 0 Å². The first kappa shape index (κ1) is 15.2. The summed E-state index contributed by atoms with van der Waals surface area (Å²) in [5.74, 6) is 0. The standard InChI is InChI=1S/C13H23BrN2S/c1-9(15)12(11-6-10(14)7-17-11)16(5)8-13(2,3)4/h6-7,9,12H,8,15H2,1-5H3. The Balaban J connectivity index is 2.86. The lowest BCUT2D eigenvalue weighted by molar-refractivity contribution is 0.159. The number of rotatable bonds is 4. The molecular formula is C13H23BrN2S. The third-order valence-electron chi connectivity index (χ3n) is 2.58. The molecule has 2 unspecified atom stereocenters. The van der Waals surface area contributed by atoms with Crippen LogP contribution in [0.1, 0.15) is 38.6 Å². The van der Waals surface area contributed by atoms with Gasteiger partial charge in [0.2, 0.25) is 0 Å². The summed E-state index contributed by atoms with van der Waals surface area (Å²) in [4.78, 5) is 3.70. The van der Waals surface area contributed by atoms with Crippen LogP contribution in [0.2, 0.25) is 0 Å². The number of nitrogens with two attached hydrogens (primary N) is 1. The molecule has 2 nitrogen and oxygen atoms in total. The van der Waals surface area contributed by atoms with E-state index in [4.69, 9.17) is 5.73 Å². The Bertz CT molecular complexity index is 355. The van der Waals surface area contributed by atoms with Crippen molar-refractivity contribution in [2.45, 2.75) is 39.8 Å². The van der Waals surface area contributed by atoms with Crippen LogP contribution < -0.4 is 5.73 Å². The lowest BCUT2D eigenvalue weighted by Gasteiger charge is -2.35. The van der Waals surface area contributed by atoms with Gasteiger partial charge in [0.05, 0.1) is 6.04 Å². The summed E-state index contributed by atoms with van der Waals surface area (Å²) in [5, 5.41) is 2.12. The second kappa shape index (κ2) is 5.83. The first-order valence-corrected chi connectivity index (χ1v) is 7.58. The van der Waals surface area contributed by atoms with Crippen molar-refractivity contribution >= 4 is 27.3 Å². The van der Waals surface area contributed by atoms with Gasteiger partial charge in [-0.15, -0.1) is 11.3 Å². The van der Waals surface area contributed by atoms with Gasteiger partial charge < -0.3 is 5.73 Å². The third-order valence-corrected chi connectivity index (χ3v) is 4.34. The molecule has 0 aliphatic heterocycles. The van der Waals surface area contributed by atoms with Crippen molar-refractivity contribution in [2.75, 3.05) is 13.6 Å². The zero-order chi connectivity index (χ0) is 13.2. The van der Waals surface area contributed by atoms with Crippen molar-refractivity contribution in [2.24, 2.45) is 11.1 Å². The van der Waals surface area contributed by atoms with Crippen LogP contribution in [-0.4, -0.2) is 24.5 Å². The van der Waals surface area contributed by atoms with Gasteiger partial charge in [0.15, 0.2) is 0 Å². The molecule has 0 saturated heterocycles. The Morgan fingerprint density at radius 2 is 2.06 bits per heavy atom. The van der Waals surface area contributed by atoms with E-state index in [1.54, 1.807) is 11.3 Å². The summed E-state index contributed by atoms with van der Waals surface area (Å²) in [6.07, 6.45) is 0. The van der Waals surface area contributed by atoms with Crippen molar-refractivity contribution in [3.63, 3.8) is 0 Å². The smallest absolute Gasteiger partial charge is 0.0588 e. The molecule has 0 bridgehead atoms. The quantitative estimate of drug-likeness (QED) is 0.912. The predicted octanol–water partition coefficient (Wildman–Crippen LogP) is 3.88. The molecule has 1 heterocycles. The van der Waals surface area contributed by atoms with Gasteiger partial charge in [-0.2, -0.15) is 0 Å². The normalized spacial score (nSPS) is 16.2. The minimum atomic E-state index is 0.132. The topological polar surface area (TPSA) is 29.3 Å². The van der Waals surface area contributed by atoms with Gasteiger partial charge in [0, 0.05) is 27.3 Å². The molecule has 0 fully saturated rings. The zero-order valence-corrected chi connectivity index (χ0v) is 13.7. The lowest BCUT2D eigenvalue weighted by Crippen LogP contribution is -2.40. The number of hydrogen-bond acceptors (Lipinski definition) is 3. The van der Waals surface area contributed by atoms with Gasteiger partial charge in [-0.1, -0.05) is 20.8 Å². The maximum Gasteiger partial charge on any atom is 0.0588 e. The molecule has 4 heteroatoms. The maximum atomic E-state index is 6.15. The molecule has 0 amide bonds. The number of nitrogens with zero attached hydrogens (tertiary/aromatic N) is 1. The summed E-state index contributed by atoms with van der Waals surface area (Å²) in [6.45, 7) is 9.89. The Labute approximate surface area is 117 Å². The summed E-state index contributed by atoms with van der Waals surface area (Å²) in [6, 6.07) is 2.61. The van der Waals surface area contributed by atoms with Gasteiger partial charge in [0.25, 0.3) is 0 Å². The predicted molar refractivity (Wildman–Crippen MR) is 80.5 cm³/mol. The minimum absolute atomic E-state index is 0.132. The van der Waals surface area contributed by atoms with Crippen LogP contribution in [0.4, 0.5) is 0 Å². The van der Waals surface area contributed by atoms with Crippen LogP contribution in [0.3, 0.4) is 0 Å². The lowest BCUT2D eigenvalue weighted by atomic mass is 9.94. The monoisotopic (exact) mass is 318 g/mol. The highest BCUT2D eigenvalue weighted by atomic mass is 79.9. The fraction of sp³-hybridized carbons (Fsp3) is 0.692. The van der Waals surface area contributed by atoms with Crippen molar-refractivity contribution in [3.05, 3.63) is 20.8 Å². The Morgan fingerprint density at radius 1 is 1.47 bits per heavy atom. The van der Waals surface area contributed by atoms with Crippen molar-refractivity contribution in [3.8, 4) is 0 Å². The molecule has 17 heavy (non-hydrogen) atoms. The number of hydrogen-bond donors (Lipinski definition) is 1. The molecule has 0 radical (unpaired) electrons. The number of likely N-dealkylation sites (N-methyl/N-ethyl adjacent to an activating group) is 1. The molecule has 2 atom stereocenters. The summed E-state index contributed by atoms with van der Waals surface area (Å²) < 4.78 is 1.15. The van der Waals surface area contributed by atoms with E-state index in [2.05, 4.69) is 67.0 Å². The molecule has 1 rings (SSSR count). The molecule has 0 aliphatic rings. The highest BCUT2D eigenvalue weighted by Gasteiger charge is 2.25. The van der Waals surface area contributed by atoms with E-state index in [9.17, 15) is 0 Å². The maximum absolute atomic E-state index is 6.15. The van der Waals surface area contributed by atoms with E-state index < -0.39 is 0 Å². The van der Waals surface area contributed by atoms with Crippen LogP contribution in [0.25, 0.3) is 0 Å². The molecule has 1 aromatic rings. The van der Waals surface area contributed by atoms with Crippen molar-refractivity contribution < 1.29 is 0 Å². The molecular weight excluding hydrogens is 296 g/mol. The van der Waals surface area contributed by atoms with E-state index in [1.807, 2.05) is 0 Å². The first-order chi connectivity index (χ1) is 7.70. The number of halogens is 1. The van der Waals surface area contributed by atoms with Crippen molar-refractivity contribution in [1.82, 2.24) is 4.90 Å². The molecule has 0 aromatic carbocycles. The van der Waals surface area contributed by atoms with Gasteiger partial charge in [-0.3, -0.25) is 4.90 Å². The molecule has 1 aromatic heterocycles. The van der Waals surface area contributed by atoms with Crippen LogP contribution >= 0.6 is 27.3 Å². The zero-order valence-electron chi connectivity index (χ0n) is 11.3. The highest BCUT2D eigenvalue weighted by molar-refractivity contribution is 9.10. The van der Waals surface area contributed by atoms with E-state index in [0.29, 0.717) is 6.04 Å². The second-order valence-corrected chi connectivity index (χ2v) is 7.81.